The van der Waals surface area contributed by atoms with Crippen LogP contribution >= 0.6 is 0 Å². The first-order valence-corrected chi connectivity index (χ1v) is 7.31. The highest BCUT2D eigenvalue weighted by Gasteiger charge is 2.30. The van der Waals surface area contributed by atoms with E-state index >= 15 is 0 Å². The molecule has 0 aromatic heterocycles. The molecule has 124 valence electrons. The van der Waals surface area contributed by atoms with Gasteiger partial charge in [0.1, 0.15) is 12.4 Å². The van der Waals surface area contributed by atoms with E-state index in [1.165, 1.54) is 6.07 Å². The summed E-state index contributed by atoms with van der Waals surface area (Å²) < 4.78 is 43.5. The van der Waals surface area contributed by atoms with Gasteiger partial charge in [-0.2, -0.15) is 13.2 Å². The Balaban J connectivity index is 1.99. The zero-order chi connectivity index (χ0) is 17.1. The molecule has 0 saturated carbocycles. The minimum absolute atomic E-state index is 0.0413. The molecule has 0 atom stereocenters. The number of hydrogen-bond donors (Lipinski definition) is 1. The predicted molar refractivity (Wildman–Crippen MR) is 85.6 cm³/mol. The topological polar surface area (TPSA) is 21.3 Å². The smallest absolute Gasteiger partial charge is 0.416 e. The van der Waals surface area contributed by atoms with Gasteiger partial charge in [0.2, 0.25) is 0 Å². The highest BCUT2D eigenvalue weighted by atomic mass is 19.4. The molecule has 2 nitrogen and oxygen atoms in total. The van der Waals surface area contributed by atoms with Crippen molar-refractivity contribution in [3.8, 4) is 5.75 Å². The summed E-state index contributed by atoms with van der Waals surface area (Å²) >= 11 is 0. The fourth-order valence-electron chi connectivity index (χ4n) is 2.07. The van der Waals surface area contributed by atoms with Gasteiger partial charge >= 0.3 is 6.18 Å². The van der Waals surface area contributed by atoms with Gasteiger partial charge in [-0.3, -0.25) is 0 Å². The average molecular weight is 323 g/mol. The van der Waals surface area contributed by atoms with Crippen LogP contribution in [0.2, 0.25) is 0 Å². The number of halogens is 3. The van der Waals surface area contributed by atoms with Crippen molar-refractivity contribution in [1.82, 2.24) is 0 Å². The summed E-state index contributed by atoms with van der Waals surface area (Å²) in [6.45, 7) is 6.27. The van der Waals surface area contributed by atoms with Crippen molar-refractivity contribution in [2.24, 2.45) is 0 Å². The van der Waals surface area contributed by atoms with E-state index in [9.17, 15) is 13.2 Å². The van der Waals surface area contributed by atoms with Crippen LogP contribution in [0.5, 0.6) is 5.75 Å². The van der Waals surface area contributed by atoms with Crippen LogP contribution in [0, 0.1) is 0 Å². The van der Waals surface area contributed by atoms with Gasteiger partial charge in [0, 0.05) is 11.2 Å². The van der Waals surface area contributed by atoms with E-state index in [1.54, 1.807) is 18.2 Å². The highest BCUT2D eigenvalue weighted by Crippen LogP contribution is 2.29. The summed E-state index contributed by atoms with van der Waals surface area (Å²) in [6.07, 6.45) is -4.34. The highest BCUT2D eigenvalue weighted by molar-refractivity contribution is 5.47. The second-order valence-corrected chi connectivity index (χ2v) is 6.39. The lowest BCUT2D eigenvalue weighted by Gasteiger charge is -2.22. The van der Waals surface area contributed by atoms with Crippen LogP contribution in [-0.2, 0) is 12.8 Å². The van der Waals surface area contributed by atoms with E-state index in [0.29, 0.717) is 11.3 Å². The lowest BCUT2D eigenvalue weighted by Crippen LogP contribution is -2.25. The molecule has 0 unspecified atom stereocenters. The summed E-state index contributed by atoms with van der Waals surface area (Å²) in [7, 11) is 0. The van der Waals surface area contributed by atoms with Crippen LogP contribution in [-0.4, -0.2) is 5.54 Å². The second-order valence-electron chi connectivity index (χ2n) is 6.39. The molecule has 1 N–H and O–H groups in total. The third-order valence-corrected chi connectivity index (χ3v) is 3.03. The van der Waals surface area contributed by atoms with Crippen molar-refractivity contribution >= 4 is 5.69 Å². The van der Waals surface area contributed by atoms with Crippen molar-refractivity contribution in [2.75, 3.05) is 5.32 Å². The van der Waals surface area contributed by atoms with Crippen LogP contribution < -0.4 is 10.1 Å². The van der Waals surface area contributed by atoms with Crippen molar-refractivity contribution in [1.29, 1.82) is 0 Å². The Morgan fingerprint density at radius 2 is 1.61 bits per heavy atom. The molecule has 5 heteroatoms. The quantitative estimate of drug-likeness (QED) is 0.803. The van der Waals surface area contributed by atoms with Crippen LogP contribution in [0.25, 0.3) is 0 Å². The molecular formula is C18H20F3NO. The third-order valence-electron chi connectivity index (χ3n) is 3.03. The molecule has 0 radical (unpaired) electrons. The SMILES string of the molecule is CC(C)(C)Nc1ccc(OCc2cccc(C(F)(F)F)c2)cc1. The predicted octanol–water partition coefficient (Wildman–Crippen LogP) is 5.49. The molecular weight excluding hydrogens is 303 g/mol. The Labute approximate surface area is 134 Å². The van der Waals surface area contributed by atoms with Gasteiger partial charge < -0.3 is 10.1 Å². The first kappa shape index (κ1) is 17.2. The Morgan fingerprint density at radius 1 is 0.957 bits per heavy atom. The average Bonchev–Trinajstić information content (AvgIpc) is 2.44. The summed E-state index contributed by atoms with van der Waals surface area (Å²) in [5.74, 6) is 0.613. The lowest BCUT2D eigenvalue weighted by molar-refractivity contribution is -0.137. The fourth-order valence-corrected chi connectivity index (χ4v) is 2.07. The standard InChI is InChI=1S/C18H20F3NO/c1-17(2,3)22-15-7-9-16(10-8-15)23-12-13-5-4-6-14(11-13)18(19,20)21/h4-11,22H,12H2,1-3H3. The maximum absolute atomic E-state index is 12.7. The van der Waals surface area contributed by atoms with Gasteiger partial charge in [0.05, 0.1) is 5.56 Å². The van der Waals surface area contributed by atoms with Gasteiger partial charge in [-0.25, -0.2) is 0 Å². The maximum Gasteiger partial charge on any atom is 0.416 e. The first-order valence-electron chi connectivity index (χ1n) is 7.31. The lowest BCUT2D eigenvalue weighted by atomic mass is 10.1. The minimum atomic E-state index is -4.34. The molecule has 0 aliphatic rings. The fraction of sp³-hybridized carbons (Fsp3) is 0.333. The van der Waals surface area contributed by atoms with Gasteiger partial charge in [-0.15, -0.1) is 0 Å². The van der Waals surface area contributed by atoms with E-state index in [0.717, 1.165) is 17.8 Å². The van der Waals surface area contributed by atoms with E-state index in [2.05, 4.69) is 26.1 Å². The molecule has 0 aliphatic heterocycles. The molecule has 2 aromatic carbocycles. The van der Waals surface area contributed by atoms with Gasteiger partial charge in [0.15, 0.2) is 0 Å². The van der Waals surface area contributed by atoms with Crippen molar-refractivity contribution in [3.05, 3.63) is 59.7 Å². The Kier molecular flexibility index (Phi) is 4.88. The molecule has 2 aromatic rings. The largest absolute Gasteiger partial charge is 0.489 e. The van der Waals surface area contributed by atoms with E-state index in [1.807, 2.05) is 12.1 Å². The molecule has 0 fully saturated rings. The second kappa shape index (κ2) is 6.52. The number of nitrogens with one attached hydrogen (secondary N) is 1. The molecule has 0 spiro atoms. The van der Waals surface area contributed by atoms with Crippen molar-refractivity contribution in [3.63, 3.8) is 0 Å². The van der Waals surface area contributed by atoms with Crippen molar-refractivity contribution in [2.45, 2.75) is 39.1 Å². The van der Waals surface area contributed by atoms with Crippen LogP contribution in [0.1, 0.15) is 31.9 Å². The number of benzene rings is 2. The van der Waals surface area contributed by atoms with Gasteiger partial charge in [-0.05, 0) is 62.7 Å². The minimum Gasteiger partial charge on any atom is -0.489 e. The Morgan fingerprint density at radius 3 is 2.17 bits per heavy atom. The molecule has 0 aliphatic carbocycles. The number of alkyl halides is 3. The Bertz CT molecular complexity index is 643. The van der Waals surface area contributed by atoms with E-state index < -0.39 is 11.7 Å². The Hall–Kier alpha value is -2.17. The number of ether oxygens (including phenoxy) is 1. The number of rotatable bonds is 4. The zero-order valence-corrected chi connectivity index (χ0v) is 13.4. The van der Waals surface area contributed by atoms with Crippen LogP contribution in [0.3, 0.4) is 0 Å². The van der Waals surface area contributed by atoms with Gasteiger partial charge in [-0.1, -0.05) is 12.1 Å². The third kappa shape index (κ3) is 5.51. The van der Waals surface area contributed by atoms with E-state index in [4.69, 9.17) is 4.74 Å². The summed E-state index contributed by atoms with van der Waals surface area (Å²) in [5.41, 5.74) is 0.740. The van der Waals surface area contributed by atoms with Crippen molar-refractivity contribution < 1.29 is 17.9 Å². The summed E-state index contributed by atoms with van der Waals surface area (Å²) in [5, 5.41) is 3.33. The molecule has 2 rings (SSSR count). The van der Waals surface area contributed by atoms with Gasteiger partial charge in [0.25, 0.3) is 0 Å². The van der Waals surface area contributed by atoms with E-state index in [-0.39, 0.29) is 12.1 Å². The van der Waals surface area contributed by atoms with Crippen LogP contribution in [0.4, 0.5) is 18.9 Å². The normalized spacial score (nSPS) is 12.1. The zero-order valence-electron chi connectivity index (χ0n) is 13.4. The summed E-state index contributed by atoms with van der Waals surface area (Å²) in [4.78, 5) is 0. The number of hydrogen-bond acceptors (Lipinski definition) is 2. The molecule has 0 saturated heterocycles. The first-order chi connectivity index (χ1) is 10.6. The molecule has 0 amide bonds. The van der Waals surface area contributed by atoms with Crippen LogP contribution in [0.15, 0.2) is 48.5 Å². The monoisotopic (exact) mass is 323 g/mol. The molecule has 0 heterocycles. The maximum atomic E-state index is 12.7. The molecule has 23 heavy (non-hydrogen) atoms. The number of anilines is 1. The molecule has 0 bridgehead atoms. The summed E-state index contributed by atoms with van der Waals surface area (Å²) in [6, 6.07) is 12.5.